The van der Waals surface area contributed by atoms with Crippen LogP contribution in [0.5, 0.6) is 11.5 Å². The molecule has 0 aliphatic carbocycles. The third-order valence-corrected chi connectivity index (χ3v) is 4.23. The van der Waals surface area contributed by atoms with E-state index in [2.05, 4.69) is 20.6 Å². The highest BCUT2D eigenvalue weighted by Gasteiger charge is 2.11. The summed E-state index contributed by atoms with van der Waals surface area (Å²) in [6, 6.07) is 10.6. The zero-order valence-electron chi connectivity index (χ0n) is 15.6. The molecule has 0 spiro atoms. The number of nitrogens with one attached hydrogen (secondary N) is 2. The molecule has 0 atom stereocenters. The molecule has 0 fully saturated rings. The fraction of sp³-hybridized carbons (Fsp3) is 0.150. The second-order valence-electron chi connectivity index (χ2n) is 5.89. The zero-order valence-corrected chi connectivity index (χ0v) is 16.4. The van der Waals surface area contributed by atoms with Crippen LogP contribution in [-0.2, 0) is 0 Å². The highest BCUT2D eigenvalue weighted by molar-refractivity contribution is 6.30. The van der Waals surface area contributed by atoms with Crippen LogP contribution in [0, 0.1) is 6.92 Å². The first kappa shape index (κ1) is 19.4. The molecule has 1 amide bonds. The van der Waals surface area contributed by atoms with Gasteiger partial charge in [-0.3, -0.25) is 4.79 Å². The van der Waals surface area contributed by atoms with E-state index in [-0.39, 0.29) is 11.6 Å². The van der Waals surface area contributed by atoms with Gasteiger partial charge in [-0.25, -0.2) is 9.97 Å². The lowest BCUT2D eigenvalue weighted by Gasteiger charge is -2.12. The third-order valence-electron chi connectivity index (χ3n) is 3.99. The van der Waals surface area contributed by atoms with E-state index in [0.29, 0.717) is 33.7 Å². The number of methoxy groups -OCH3 is 2. The quantitative estimate of drug-likeness (QED) is 0.638. The number of ether oxygens (including phenoxy) is 2. The second kappa shape index (κ2) is 8.58. The molecule has 0 saturated carbocycles. The van der Waals surface area contributed by atoms with Crippen LogP contribution in [0.1, 0.15) is 16.1 Å². The molecule has 28 heavy (non-hydrogen) atoms. The number of anilines is 3. The van der Waals surface area contributed by atoms with Crippen molar-refractivity contribution in [2.24, 2.45) is 0 Å². The summed E-state index contributed by atoms with van der Waals surface area (Å²) in [6.07, 6.45) is 2.88. The van der Waals surface area contributed by atoms with E-state index in [1.54, 1.807) is 44.6 Å². The van der Waals surface area contributed by atoms with Crippen LogP contribution in [0.3, 0.4) is 0 Å². The lowest BCUT2D eigenvalue weighted by molar-refractivity contribution is 0.102. The number of halogens is 1. The molecule has 144 valence electrons. The van der Waals surface area contributed by atoms with Crippen molar-refractivity contribution >= 4 is 34.7 Å². The molecule has 0 unspecified atom stereocenters. The van der Waals surface area contributed by atoms with Crippen LogP contribution in [0.15, 0.2) is 48.8 Å². The van der Waals surface area contributed by atoms with E-state index in [1.807, 2.05) is 13.0 Å². The van der Waals surface area contributed by atoms with Gasteiger partial charge in [-0.2, -0.15) is 0 Å². The molecule has 7 nitrogen and oxygen atoms in total. The Balaban J connectivity index is 1.72. The highest BCUT2D eigenvalue weighted by Crippen LogP contribution is 2.30. The van der Waals surface area contributed by atoms with Gasteiger partial charge in [-0.1, -0.05) is 11.6 Å². The van der Waals surface area contributed by atoms with Gasteiger partial charge in [0, 0.05) is 16.8 Å². The molecule has 2 N–H and O–H groups in total. The van der Waals surface area contributed by atoms with E-state index >= 15 is 0 Å². The van der Waals surface area contributed by atoms with Gasteiger partial charge < -0.3 is 20.1 Å². The summed E-state index contributed by atoms with van der Waals surface area (Å²) in [7, 11) is 3.15. The third kappa shape index (κ3) is 4.50. The van der Waals surface area contributed by atoms with Gasteiger partial charge in [0.15, 0.2) is 0 Å². The van der Waals surface area contributed by atoms with Crippen molar-refractivity contribution < 1.29 is 14.3 Å². The van der Waals surface area contributed by atoms with Gasteiger partial charge in [0.2, 0.25) is 0 Å². The van der Waals surface area contributed by atoms with Crippen molar-refractivity contribution in [2.75, 3.05) is 24.9 Å². The van der Waals surface area contributed by atoms with Crippen LogP contribution in [0.4, 0.5) is 17.2 Å². The molecule has 0 radical (unpaired) electrons. The largest absolute Gasteiger partial charge is 0.497 e. The summed E-state index contributed by atoms with van der Waals surface area (Å²) >= 11 is 5.94. The summed E-state index contributed by atoms with van der Waals surface area (Å²) in [5.41, 5.74) is 2.42. The maximum Gasteiger partial charge on any atom is 0.275 e. The molecule has 0 bridgehead atoms. The molecular formula is C20H19ClN4O3. The molecule has 0 aliphatic heterocycles. The average molecular weight is 399 g/mol. The number of hydrogen-bond donors (Lipinski definition) is 2. The van der Waals surface area contributed by atoms with Crippen molar-refractivity contribution in [2.45, 2.75) is 6.92 Å². The first-order chi connectivity index (χ1) is 13.5. The summed E-state index contributed by atoms with van der Waals surface area (Å²) in [6.45, 7) is 1.86. The van der Waals surface area contributed by atoms with Gasteiger partial charge in [-0.05, 0) is 42.8 Å². The van der Waals surface area contributed by atoms with E-state index in [9.17, 15) is 4.79 Å². The number of hydrogen-bond acceptors (Lipinski definition) is 6. The van der Waals surface area contributed by atoms with Gasteiger partial charge in [0.05, 0.1) is 32.3 Å². The van der Waals surface area contributed by atoms with Crippen LogP contribution >= 0.6 is 11.6 Å². The average Bonchev–Trinajstić information content (AvgIpc) is 2.71. The molecular weight excluding hydrogens is 380 g/mol. The van der Waals surface area contributed by atoms with Crippen molar-refractivity contribution in [1.82, 2.24) is 9.97 Å². The molecule has 8 heteroatoms. The van der Waals surface area contributed by atoms with Crippen molar-refractivity contribution in [3.63, 3.8) is 0 Å². The van der Waals surface area contributed by atoms with E-state index in [4.69, 9.17) is 21.1 Å². The number of nitrogens with zero attached hydrogens (tertiary/aromatic N) is 2. The number of carbonyl (C=O) groups excluding carboxylic acids is 1. The zero-order chi connectivity index (χ0) is 20.1. The number of aryl methyl sites for hydroxylation is 1. The maximum atomic E-state index is 12.4. The fourth-order valence-electron chi connectivity index (χ4n) is 2.50. The number of benzene rings is 2. The standard InChI is InChI=1S/C20H19ClN4O3/c1-12-8-13(21)4-6-15(12)25-20(26)17-10-23-19(11-22-17)24-16-7-5-14(27-2)9-18(16)28-3/h4-11H,1-3H3,(H,23,24)(H,25,26). The SMILES string of the molecule is COc1ccc(Nc2cnc(C(=O)Nc3ccc(Cl)cc3C)cn2)c(OC)c1. The molecule has 3 aromatic rings. The molecule has 0 saturated heterocycles. The van der Waals surface area contributed by atoms with Gasteiger partial charge >= 0.3 is 0 Å². The van der Waals surface area contributed by atoms with Gasteiger partial charge in [0.1, 0.15) is 23.0 Å². The second-order valence-corrected chi connectivity index (χ2v) is 6.33. The predicted octanol–water partition coefficient (Wildman–Crippen LogP) is 4.45. The van der Waals surface area contributed by atoms with Gasteiger partial charge in [-0.15, -0.1) is 0 Å². The predicted molar refractivity (Wildman–Crippen MR) is 109 cm³/mol. The van der Waals surface area contributed by atoms with Crippen molar-refractivity contribution in [3.05, 3.63) is 65.1 Å². The minimum Gasteiger partial charge on any atom is -0.497 e. The Kier molecular flexibility index (Phi) is 5.96. The van der Waals surface area contributed by atoms with Crippen LogP contribution in [-0.4, -0.2) is 30.1 Å². The summed E-state index contributed by atoms with van der Waals surface area (Å²) in [4.78, 5) is 20.8. The normalized spacial score (nSPS) is 10.3. The summed E-state index contributed by atoms with van der Waals surface area (Å²) < 4.78 is 10.5. The van der Waals surface area contributed by atoms with Crippen molar-refractivity contribution in [1.29, 1.82) is 0 Å². The van der Waals surface area contributed by atoms with Crippen molar-refractivity contribution in [3.8, 4) is 11.5 Å². The first-order valence-electron chi connectivity index (χ1n) is 8.38. The molecule has 2 aromatic carbocycles. The van der Waals surface area contributed by atoms with Crippen LogP contribution in [0.25, 0.3) is 0 Å². The highest BCUT2D eigenvalue weighted by atomic mass is 35.5. The topological polar surface area (TPSA) is 85.4 Å². The first-order valence-corrected chi connectivity index (χ1v) is 8.76. The monoisotopic (exact) mass is 398 g/mol. The fourth-order valence-corrected chi connectivity index (χ4v) is 2.73. The van der Waals surface area contributed by atoms with E-state index in [0.717, 1.165) is 5.56 Å². The van der Waals surface area contributed by atoms with E-state index < -0.39 is 0 Å². The Morgan fingerprint density at radius 2 is 1.79 bits per heavy atom. The lowest BCUT2D eigenvalue weighted by atomic mass is 10.2. The number of carbonyl (C=O) groups is 1. The maximum absolute atomic E-state index is 12.4. The number of amides is 1. The Labute approximate surface area is 167 Å². The summed E-state index contributed by atoms with van der Waals surface area (Å²) in [5.74, 6) is 1.40. The molecule has 3 rings (SSSR count). The van der Waals surface area contributed by atoms with Crippen LogP contribution < -0.4 is 20.1 Å². The van der Waals surface area contributed by atoms with E-state index in [1.165, 1.54) is 12.4 Å². The molecule has 1 aromatic heterocycles. The Morgan fingerprint density at radius 3 is 2.43 bits per heavy atom. The minimum absolute atomic E-state index is 0.196. The smallest absolute Gasteiger partial charge is 0.275 e. The minimum atomic E-state index is -0.355. The Hall–Kier alpha value is -3.32. The van der Waals surface area contributed by atoms with Crippen LogP contribution in [0.2, 0.25) is 5.02 Å². The molecule has 0 aliphatic rings. The van der Waals surface area contributed by atoms with Gasteiger partial charge in [0.25, 0.3) is 5.91 Å². The number of rotatable bonds is 6. The Morgan fingerprint density at radius 1 is 1.00 bits per heavy atom. The molecule has 1 heterocycles. The summed E-state index contributed by atoms with van der Waals surface area (Å²) in [5, 5.41) is 6.52. The Bertz CT molecular complexity index is 993. The lowest BCUT2D eigenvalue weighted by Crippen LogP contribution is -2.15. The number of aromatic nitrogens is 2.